The summed E-state index contributed by atoms with van der Waals surface area (Å²) in [7, 11) is 0. The van der Waals surface area contributed by atoms with Crippen molar-refractivity contribution in [2.75, 3.05) is 0 Å². The summed E-state index contributed by atoms with van der Waals surface area (Å²) in [4.78, 5) is 13.0. The Morgan fingerprint density at radius 2 is 2.10 bits per heavy atom. The third kappa shape index (κ3) is 3.16. The molecule has 1 heterocycles. The van der Waals surface area contributed by atoms with Crippen molar-refractivity contribution in [2.24, 2.45) is 11.0 Å². The summed E-state index contributed by atoms with van der Waals surface area (Å²) in [6, 6.07) is 14.1. The molecule has 1 aromatic carbocycles. The van der Waals surface area contributed by atoms with Crippen molar-refractivity contribution < 1.29 is 4.79 Å². The number of amides is 1. The zero-order valence-electron chi connectivity index (χ0n) is 10.6. The standard InChI is InChI=1S/C15H13BrN2OS/c16-14-7-6-11(20-14)9-17-18-15(19)13-8-12(13)10-4-2-1-3-5-10/h1-7,9,12-13H,8H2,(H,18,19)/b17-9+. The summed E-state index contributed by atoms with van der Waals surface area (Å²) in [5.74, 6) is 0.414. The molecule has 2 unspecified atom stereocenters. The van der Waals surface area contributed by atoms with E-state index in [-0.39, 0.29) is 11.8 Å². The van der Waals surface area contributed by atoms with E-state index in [1.165, 1.54) is 5.56 Å². The van der Waals surface area contributed by atoms with Crippen molar-refractivity contribution in [1.82, 2.24) is 5.43 Å². The van der Waals surface area contributed by atoms with Crippen LogP contribution in [0.3, 0.4) is 0 Å². The molecule has 2 atom stereocenters. The minimum Gasteiger partial charge on any atom is -0.273 e. The average Bonchev–Trinajstić information content (AvgIpc) is 3.17. The number of hydrazone groups is 1. The normalized spacial score (nSPS) is 21.1. The zero-order valence-corrected chi connectivity index (χ0v) is 13.0. The van der Waals surface area contributed by atoms with Gasteiger partial charge in [0.05, 0.1) is 10.0 Å². The van der Waals surface area contributed by atoms with Crippen LogP contribution in [-0.4, -0.2) is 12.1 Å². The highest BCUT2D eigenvalue weighted by molar-refractivity contribution is 9.11. The monoisotopic (exact) mass is 348 g/mol. The highest BCUT2D eigenvalue weighted by Crippen LogP contribution is 2.47. The molecule has 1 N–H and O–H groups in total. The van der Waals surface area contributed by atoms with E-state index in [4.69, 9.17) is 0 Å². The van der Waals surface area contributed by atoms with Crippen LogP contribution < -0.4 is 5.43 Å². The number of hydrogen-bond acceptors (Lipinski definition) is 3. The molecule has 1 aliphatic carbocycles. The van der Waals surface area contributed by atoms with E-state index in [0.717, 1.165) is 15.1 Å². The molecule has 0 radical (unpaired) electrons. The fourth-order valence-electron chi connectivity index (χ4n) is 2.19. The third-order valence-electron chi connectivity index (χ3n) is 3.32. The molecule has 1 saturated carbocycles. The largest absolute Gasteiger partial charge is 0.273 e. The van der Waals surface area contributed by atoms with Crippen LogP contribution in [-0.2, 0) is 4.79 Å². The second kappa shape index (κ2) is 5.89. The summed E-state index contributed by atoms with van der Waals surface area (Å²) in [5, 5.41) is 4.01. The van der Waals surface area contributed by atoms with Crippen molar-refractivity contribution >= 4 is 39.4 Å². The maximum Gasteiger partial charge on any atom is 0.243 e. The molecule has 2 aromatic rings. The number of carbonyl (C=O) groups is 1. The van der Waals surface area contributed by atoms with Gasteiger partial charge in [-0.2, -0.15) is 5.10 Å². The minimum atomic E-state index is 0.00530. The van der Waals surface area contributed by atoms with E-state index < -0.39 is 0 Å². The fraction of sp³-hybridized carbons (Fsp3) is 0.200. The number of benzene rings is 1. The molecule has 3 nitrogen and oxygen atoms in total. The Morgan fingerprint density at radius 3 is 2.80 bits per heavy atom. The molecule has 0 aliphatic heterocycles. The highest BCUT2D eigenvalue weighted by atomic mass is 79.9. The SMILES string of the molecule is O=C(N/N=C/c1ccc(Br)s1)C1CC1c1ccccc1. The first-order valence-corrected chi connectivity index (χ1v) is 7.98. The van der Waals surface area contributed by atoms with Gasteiger partial charge in [0.15, 0.2) is 0 Å². The van der Waals surface area contributed by atoms with Gasteiger partial charge in [-0.3, -0.25) is 4.79 Å². The lowest BCUT2D eigenvalue weighted by Gasteiger charge is -1.99. The molecule has 20 heavy (non-hydrogen) atoms. The van der Waals surface area contributed by atoms with E-state index in [1.54, 1.807) is 17.6 Å². The van der Waals surface area contributed by atoms with E-state index in [2.05, 4.69) is 38.6 Å². The lowest BCUT2D eigenvalue weighted by Crippen LogP contribution is -2.19. The fourth-order valence-corrected chi connectivity index (χ4v) is 3.49. The topological polar surface area (TPSA) is 41.5 Å². The summed E-state index contributed by atoms with van der Waals surface area (Å²) < 4.78 is 1.05. The Bertz CT molecular complexity index is 638. The number of halogens is 1. The maximum atomic E-state index is 12.0. The van der Waals surface area contributed by atoms with Gasteiger partial charge in [0.1, 0.15) is 0 Å². The summed E-state index contributed by atoms with van der Waals surface area (Å²) in [6.45, 7) is 0. The number of carbonyl (C=O) groups excluding carboxylic acids is 1. The van der Waals surface area contributed by atoms with Gasteiger partial charge < -0.3 is 0 Å². The number of hydrogen-bond donors (Lipinski definition) is 1. The molecular formula is C15H13BrN2OS. The van der Waals surface area contributed by atoms with Crippen molar-refractivity contribution in [1.29, 1.82) is 0 Å². The quantitative estimate of drug-likeness (QED) is 0.663. The van der Waals surface area contributed by atoms with Crippen LogP contribution in [0.5, 0.6) is 0 Å². The van der Waals surface area contributed by atoms with Crippen LogP contribution >= 0.6 is 27.3 Å². The number of nitrogens with zero attached hydrogens (tertiary/aromatic N) is 1. The third-order valence-corrected chi connectivity index (χ3v) is 4.87. The molecule has 0 bridgehead atoms. The summed E-state index contributed by atoms with van der Waals surface area (Å²) in [5.41, 5.74) is 3.86. The Morgan fingerprint density at radius 1 is 1.30 bits per heavy atom. The van der Waals surface area contributed by atoms with E-state index in [9.17, 15) is 4.79 Å². The predicted molar refractivity (Wildman–Crippen MR) is 85.0 cm³/mol. The highest BCUT2D eigenvalue weighted by Gasteiger charge is 2.43. The Labute approximate surface area is 129 Å². The first kappa shape index (κ1) is 13.5. The number of nitrogens with one attached hydrogen (secondary N) is 1. The van der Waals surface area contributed by atoms with Crippen LogP contribution in [0, 0.1) is 5.92 Å². The van der Waals surface area contributed by atoms with Gasteiger partial charge in [-0.25, -0.2) is 5.43 Å². The Hall–Kier alpha value is -1.46. The van der Waals surface area contributed by atoms with Crippen molar-refractivity contribution in [3.05, 3.63) is 56.7 Å². The van der Waals surface area contributed by atoms with E-state index in [0.29, 0.717) is 5.92 Å². The van der Waals surface area contributed by atoms with E-state index >= 15 is 0 Å². The first-order valence-electron chi connectivity index (χ1n) is 6.37. The lowest BCUT2D eigenvalue weighted by atomic mass is 10.1. The molecule has 1 aromatic heterocycles. The minimum absolute atomic E-state index is 0.00530. The predicted octanol–water partition coefficient (Wildman–Crippen LogP) is 3.76. The Kier molecular flexibility index (Phi) is 3.98. The second-order valence-electron chi connectivity index (χ2n) is 4.74. The first-order chi connectivity index (χ1) is 9.74. The van der Waals surface area contributed by atoms with Gasteiger partial charge in [-0.05, 0) is 46.0 Å². The lowest BCUT2D eigenvalue weighted by molar-refractivity contribution is -0.122. The molecule has 0 spiro atoms. The van der Waals surface area contributed by atoms with Gasteiger partial charge in [0.2, 0.25) is 5.91 Å². The van der Waals surface area contributed by atoms with Gasteiger partial charge in [-0.15, -0.1) is 11.3 Å². The summed E-state index contributed by atoms with van der Waals surface area (Å²) in [6.07, 6.45) is 2.59. The molecule has 3 rings (SSSR count). The van der Waals surface area contributed by atoms with Crippen LogP contribution in [0.4, 0.5) is 0 Å². The Balaban J connectivity index is 1.53. The van der Waals surface area contributed by atoms with Crippen molar-refractivity contribution in [2.45, 2.75) is 12.3 Å². The van der Waals surface area contributed by atoms with Crippen LogP contribution in [0.2, 0.25) is 0 Å². The van der Waals surface area contributed by atoms with Gasteiger partial charge in [0, 0.05) is 10.8 Å². The zero-order chi connectivity index (χ0) is 13.9. The molecule has 1 aliphatic rings. The van der Waals surface area contributed by atoms with Crippen LogP contribution in [0.15, 0.2) is 51.4 Å². The molecule has 5 heteroatoms. The maximum absolute atomic E-state index is 12.0. The van der Waals surface area contributed by atoms with E-state index in [1.807, 2.05) is 30.3 Å². The number of thiophene rings is 1. The molecule has 102 valence electrons. The average molecular weight is 349 g/mol. The van der Waals surface area contributed by atoms with Crippen molar-refractivity contribution in [3.8, 4) is 0 Å². The van der Waals surface area contributed by atoms with Gasteiger partial charge in [0.25, 0.3) is 0 Å². The summed E-state index contributed by atoms with van der Waals surface area (Å²) >= 11 is 4.97. The van der Waals surface area contributed by atoms with Gasteiger partial charge >= 0.3 is 0 Å². The van der Waals surface area contributed by atoms with Gasteiger partial charge in [-0.1, -0.05) is 30.3 Å². The molecule has 1 amide bonds. The molecule has 1 fully saturated rings. The van der Waals surface area contributed by atoms with Crippen LogP contribution in [0.25, 0.3) is 0 Å². The van der Waals surface area contributed by atoms with Crippen LogP contribution in [0.1, 0.15) is 22.8 Å². The second-order valence-corrected chi connectivity index (χ2v) is 7.23. The molecular weight excluding hydrogens is 336 g/mol. The number of rotatable bonds is 4. The van der Waals surface area contributed by atoms with Crippen molar-refractivity contribution in [3.63, 3.8) is 0 Å². The molecule has 0 saturated heterocycles. The smallest absolute Gasteiger partial charge is 0.243 e.